The van der Waals surface area contributed by atoms with Crippen LogP contribution in [0.25, 0.3) is 0 Å². The van der Waals surface area contributed by atoms with Crippen molar-refractivity contribution in [3.63, 3.8) is 0 Å². The first-order valence-electron chi connectivity index (χ1n) is 3.52. The highest BCUT2D eigenvalue weighted by Gasteiger charge is 2.20. The zero-order valence-corrected chi connectivity index (χ0v) is 7.85. The highest BCUT2D eigenvalue weighted by Crippen LogP contribution is 2.32. The molecule has 14 heavy (non-hydrogen) atoms. The van der Waals surface area contributed by atoms with Gasteiger partial charge in [0.15, 0.2) is 5.75 Å². The predicted molar refractivity (Wildman–Crippen MR) is 45.5 cm³/mol. The summed E-state index contributed by atoms with van der Waals surface area (Å²) in [5, 5.41) is 8.47. The van der Waals surface area contributed by atoms with Crippen LogP contribution in [-0.2, 0) is 0 Å². The molecule has 3 nitrogen and oxygen atoms in total. The number of nitrogens with zero attached hydrogens (tertiary/aromatic N) is 2. The number of hydrogen-bond acceptors (Lipinski definition) is 3. The van der Waals surface area contributed by atoms with Gasteiger partial charge in [0, 0.05) is 0 Å². The van der Waals surface area contributed by atoms with E-state index in [4.69, 9.17) is 21.6 Å². The van der Waals surface area contributed by atoms with Crippen LogP contribution in [0.4, 0.5) is 8.78 Å². The van der Waals surface area contributed by atoms with Crippen molar-refractivity contribution in [2.45, 2.75) is 6.43 Å². The molecule has 0 saturated carbocycles. The predicted octanol–water partition coefficient (Wildman–Crippen LogP) is 2.55. The van der Waals surface area contributed by atoms with Crippen molar-refractivity contribution in [2.75, 3.05) is 7.11 Å². The van der Waals surface area contributed by atoms with Crippen molar-refractivity contribution in [1.82, 2.24) is 4.98 Å². The van der Waals surface area contributed by atoms with Gasteiger partial charge in [-0.15, -0.1) is 0 Å². The summed E-state index contributed by atoms with van der Waals surface area (Å²) < 4.78 is 29.4. The summed E-state index contributed by atoms with van der Waals surface area (Å²) >= 11 is 5.64. The molecule has 0 saturated heterocycles. The van der Waals surface area contributed by atoms with E-state index in [1.54, 1.807) is 6.07 Å². The fraction of sp³-hybridized carbons (Fsp3) is 0.250. The lowest BCUT2D eigenvalue weighted by Gasteiger charge is -2.07. The average molecular weight is 219 g/mol. The first-order valence-corrected chi connectivity index (χ1v) is 3.90. The highest BCUT2D eigenvalue weighted by molar-refractivity contribution is 6.33. The quantitative estimate of drug-likeness (QED) is 0.766. The molecular weight excluding hydrogens is 214 g/mol. The Labute approximate surface area is 83.9 Å². The number of methoxy groups -OCH3 is 1. The topological polar surface area (TPSA) is 45.9 Å². The van der Waals surface area contributed by atoms with E-state index in [0.29, 0.717) is 0 Å². The molecular formula is C8H5ClF2N2O. The standard InChI is InChI=1S/C8H5ClF2N2O/c1-14-5-3-13-7(8(10)11)4(2-12)6(5)9/h3,8H,1H3. The number of nitriles is 1. The van der Waals surface area contributed by atoms with Gasteiger partial charge in [0.25, 0.3) is 6.43 Å². The summed E-state index contributed by atoms with van der Waals surface area (Å²) in [6, 6.07) is 1.57. The molecule has 1 aromatic heterocycles. The summed E-state index contributed by atoms with van der Waals surface area (Å²) in [7, 11) is 1.31. The third-order valence-corrected chi connectivity index (χ3v) is 1.93. The van der Waals surface area contributed by atoms with Crippen LogP contribution < -0.4 is 4.74 Å². The van der Waals surface area contributed by atoms with Gasteiger partial charge >= 0.3 is 0 Å². The smallest absolute Gasteiger partial charge is 0.281 e. The number of hydrogen-bond donors (Lipinski definition) is 0. The van der Waals surface area contributed by atoms with Gasteiger partial charge in [-0.2, -0.15) is 5.26 Å². The van der Waals surface area contributed by atoms with Gasteiger partial charge in [0.2, 0.25) is 0 Å². The second-order valence-corrected chi connectivity index (χ2v) is 2.69. The molecule has 1 rings (SSSR count). The number of aromatic nitrogens is 1. The third kappa shape index (κ3) is 1.75. The van der Waals surface area contributed by atoms with Crippen LogP contribution in [0.15, 0.2) is 6.20 Å². The molecule has 0 aromatic carbocycles. The molecule has 1 heterocycles. The minimum Gasteiger partial charge on any atom is -0.494 e. The summed E-state index contributed by atoms with van der Waals surface area (Å²) in [5.74, 6) is 0.104. The Morgan fingerprint density at radius 2 is 2.29 bits per heavy atom. The Balaban J connectivity index is 3.38. The van der Waals surface area contributed by atoms with Crippen molar-refractivity contribution in [3.05, 3.63) is 22.5 Å². The lowest BCUT2D eigenvalue weighted by atomic mass is 10.2. The maximum Gasteiger partial charge on any atom is 0.281 e. The largest absolute Gasteiger partial charge is 0.494 e. The van der Waals surface area contributed by atoms with Gasteiger partial charge < -0.3 is 4.74 Å². The molecule has 0 bridgehead atoms. The Bertz CT molecular complexity index is 390. The number of alkyl halides is 2. The first-order chi connectivity index (χ1) is 6.61. The lowest BCUT2D eigenvalue weighted by Crippen LogP contribution is -1.98. The molecule has 0 unspecified atom stereocenters. The monoisotopic (exact) mass is 218 g/mol. The van der Waals surface area contributed by atoms with Crippen molar-refractivity contribution in [2.24, 2.45) is 0 Å². The highest BCUT2D eigenvalue weighted by atomic mass is 35.5. The fourth-order valence-electron chi connectivity index (χ4n) is 0.899. The van der Waals surface area contributed by atoms with E-state index < -0.39 is 12.1 Å². The van der Waals surface area contributed by atoms with Crippen LogP contribution in [0.3, 0.4) is 0 Å². The van der Waals surface area contributed by atoms with E-state index >= 15 is 0 Å². The fourth-order valence-corrected chi connectivity index (χ4v) is 1.16. The van der Waals surface area contributed by atoms with Gasteiger partial charge in [-0.1, -0.05) is 11.6 Å². The summed E-state index contributed by atoms with van der Waals surface area (Å²) in [6.07, 6.45) is -1.77. The van der Waals surface area contributed by atoms with Gasteiger partial charge in [0.05, 0.1) is 13.3 Å². The molecule has 6 heteroatoms. The van der Waals surface area contributed by atoms with Gasteiger partial charge in [0.1, 0.15) is 22.3 Å². The normalized spacial score (nSPS) is 10.0. The van der Waals surface area contributed by atoms with Crippen LogP contribution in [0.2, 0.25) is 5.02 Å². The SMILES string of the molecule is COc1cnc(C(F)F)c(C#N)c1Cl. The Morgan fingerprint density at radius 3 is 2.71 bits per heavy atom. The summed E-state index contributed by atoms with van der Waals surface area (Å²) in [4.78, 5) is 3.40. The van der Waals surface area contributed by atoms with Crippen molar-refractivity contribution < 1.29 is 13.5 Å². The minimum atomic E-state index is -2.83. The zero-order chi connectivity index (χ0) is 10.7. The molecule has 0 N–H and O–H groups in total. The lowest BCUT2D eigenvalue weighted by molar-refractivity contribution is 0.145. The Hall–Kier alpha value is -1.41. The average Bonchev–Trinajstić information content (AvgIpc) is 2.17. The number of pyridine rings is 1. The molecule has 0 aliphatic carbocycles. The number of ether oxygens (including phenoxy) is 1. The molecule has 1 aromatic rings. The van der Waals surface area contributed by atoms with E-state index in [9.17, 15) is 8.78 Å². The van der Waals surface area contributed by atoms with Gasteiger partial charge in [-0.05, 0) is 0 Å². The summed E-state index contributed by atoms with van der Waals surface area (Å²) in [5.41, 5.74) is -0.973. The molecule has 0 amide bonds. The molecule has 0 atom stereocenters. The number of rotatable bonds is 2. The van der Waals surface area contributed by atoms with E-state index in [1.165, 1.54) is 7.11 Å². The van der Waals surface area contributed by atoms with E-state index in [0.717, 1.165) is 6.20 Å². The van der Waals surface area contributed by atoms with Crippen molar-refractivity contribution in [3.8, 4) is 11.8 Å². The molecule has 0 fully saturated rings. The van der Waals surface area contributed by atoms with Crippen LogP contribution in [0, 0.1) is 11.3 Å². The Morgan fingerprint density at radius 1 is 1.64 bits per heavy atom. The van der Waals surface area contributed by atoms with Crippen molar-refractivity contribution in [1.29, 1.82) is 5.26 Å². The molecule has 0 aliphatic rings. The first kappa shape index (κ1) is 10.7. The van der Waals surface area contributed by atoms with Gasteiger partial charge in [-0.3, -0.25) is 0 Å². The second kappa shape index (κ2) is 4.20. The van der Waals surface area contributed by atoms with Crippen LogP contribution in [0.5, 0.6) is 5.75 Å². The minimum absolute atomic E-state index is 0.104. The maximum atomic E-state index is 12.3. The van der Waals surface area contributed by atoms with E-state index in [1.807, 2.05) is 0 Å². The molecule has 0 spiro atoms. The number of halogens is 3. The molecule has 0 radical (unpaired) electrons. The Kier molecular flexibility index (Phi) is 3.20. The van der Waals surface area contributed by atoms with Crippen LogP contribution >= 0.6 is 11.6 Å². The van der Waals surface area contributed by atoms with Crippen LogP contribution in [-0.4, -0.2) is 12.1 Å². The molecule has 74 valence electrons. The van der Waals surface area contributed by atoms with E-state index in [-0.39, 0.29) is 16.3 Å². The second-order valence-electron chi connectivity index (χ2n) is 2.31. The van der Waals surface area contributed by atoms with Crippen molar-refractivity contribution >= 4 is 11.6 Å². The van der Waals surface area contributed by atoms with E-state index in [2.05, 4.69) is 4.98 Å². The van der Waals surface area contributed by atoms with Crippen LogP contribution in [0.1, 0.15) is 17.7 Å². The zero-order valence-electron chi connectivity index (χ0n) is 7.09. The third-order valence-electron chi connectivity index (χ3n) is 1.55. The van der Waals surface area contributed by atoms with Gasteiger partial charge in [-0.25, -0.2) is 13.8 Å². The summed E-state index contributed by atoms with van der Waals surface area (Å²) in [6.45, 7) is 0. The maximum absolute atomic E-state index is 12.3. The molecule has 0 aliphatic heterocycles.